The fraction of sp³-hybridized carbons (Fsp3) is 0.250. The van der Waals surface area contributed by atoms with Crippen molar-refractivity contribution in [1.82, 2.24) is 15.3 Å². The molecule has 120 valence electrons. The van der Waals surface area contributed by atoms with E-state index in [9.17, 15) is 9.59 Å². The molecule has 0 atom stereocenters. The standard InChI is InChI=1S/C16H19N5O2/c1-10(2)19-15(23)12-8-17-16(18-9-12)21-14-6-4-5-13(7-14)20-11(3)22/h4-10H,1-3H3,(H,19,23)(H,20,22)(H,17,18,21). The highest BCUT2D eigenvalue weighted by molar-refractivity contribution is 5.93. The Morgan fingerprint density at radius 1 is 1.09 bits per heavy atom. The molecule has 0 aliphatic rings. The minimum atomic E-state index is -0.209. The second kappa shape index (κ2) is 7.35. The van der Waals surface area contributed by atoms with Crippen LogP contribution in [0.2, 0.25) is 0 Å². The van der Waals surface area contributed by atoms with Gasteiger partial charge in [0.15, 0.2) is 0 Å². The van der Waals surface area contributed by atoms with E-state index in [2.05, 4.69) is 25.9 Å². The summed E-state index contributed by atoms with van der Waals surface area (Å²) in [5.74, 6) is 0.0178. The summed E-state index contributed by atoms with van der Waals surface area (Å²) in [5, 5.41) is 8.49. The zero-order valence-corrected chi connectivity index (χ0v) is 13.3. The lowest BCUT2D eigenvalue weighted by Gasteiger charge is -2.09. The van der Waals surface area contributed by atoms with E-state index in [4.69, 9.17) is 0 Å². The molecule has 1 aromatic heterocycles. The van der Waals surface area contributed by atoms with Gasteiger partial charge in [-0.3, -0.25) is 9.59 Å². The minimum Gasteiger partial charge on any atom is -0.350 e. The Morgan fingerprint density at radius 2 is 1.74 bits per heavy atom. The number of aromatic nitrogens is 2. The van der Waals surface area contributed by atoms with Crippen LogP contribution < -0.4 is 16.0 Å². The third-order valence-corrected chi connectivity index (χ3v) is 2.77. The number of hydrogen-bond acceptors (Lipinski definition) is 5. The molecule has 0 radical (unpaired) electrons. The summed E-state index contributed by atoms with van der Waals surface area (Å²) in [5.41, 5.74) is 1.81. The molecule has 1 heterocycles. The summed E-state index contributed by atoms with van der Waals surface area (Å²) in [4.78, 5) is 31.1. The number of nitrogens with one attached hydrogen (secondary N) is 3. The van der Waals surface area contributed by atoms with Crippen LogP contribution in [0.25, 0.3) is 0 Å². The van der Waals surface area contributed by atoms with Gasteiger partial charge in [0.1, 0.15) is 0 Å². The smallest absolute Gasteiger partial charge is 0.254 e. The first-order valence-electron chi connectivity index (χ1n) is 7.21. The summed E-state index contributed by atoms with van der Waals surface area (Å²) in [7, 11) is 0. The molecular formula is C16H19N5O2. The average molecular weight is 313 g/mol. The lowest BCUT2D eigenvalue weighted by Crippen LogP contribution is -2.30. The van der Waals surface area contributed by atoms with Crippen molar-refractivity contribution in [3.8, 4) is 0 Å². The Bertz CT molecular complexity index is 698. The normalized spacial score (nSPS) is 10.3. The Hall–Kier alpha value is -2.96. The number of carbonyl (C=O) groups excluding carboxylic acids is 2. The van der Waals surface area contributed by atoms with Crippen molar-refractivity contribution in [2.45, 2.75) is 26.8 Å². The van der Waals surface area contributed by atoms with E-state index in [-0.39, 0.29) is 17.9 Å². The zero-order valence-electron chi connectivity index (χ0n) is 13.3. The molecule has 0 saturated heterocycles. The monoisotopic (exact) mass is 313 g/mol. The molecule has 0 spiro atoms. The second-order valence-corrected chi connectivity index (χ2v) is 5.31. The number of hydrogen-bond donors (Lipinski definition) is 3. The van der Waals surface area contributed by atoms with Crippen LogP contribution in [-0.2, 0) is 4.79 Å². The van der Waals surface area contributed by atoms with Crippen molar-refractivity contribution < 1.29 is 9.59 Å². The van der Waals surface area contributed by atoms with Crippen LogP contribution in [0.15, 0.2) is 36.7 Å². The van der Waals surface area contributed by atoms with Gasteiger partial charge < -0.3 is 16.0 Å². The molecular weight excluding hydrogens is 294 g/mol. The van der Waals surface area contributed by atoms with E-state index in [1.54, 1.807) is 18.2 Å². The van der Waals surface area contributed by atoms with E-state index in [0.717, 1.165) is 5.69 Å². The molecule has 1 aromatic carbocycles. The lowest BCUT2D eigenvalue weighted by atomic mass is 10.2. The number of nitrogens with zero attached hydrogens (tertiary/aromatic N) is 2. The largest absolute Gasteiger partial charge is 0.350 e. The van der Waals surface area contributed by atoms with Crippen molar-refractivity contribution in [2.24, 2.45) is 0 Å². The molecule has 7 nitrogen and oxygen atoms in total. The minimum absolute atomic E-state index is 0.0526. The predicted octanol–water partition coefficient (Wildman–Crippen LogP) is 2.32. The second-order valence-electron chi connectivity index (χ2n) is 5.31. The van der Waals surface area contributed by atoms with Crippen molar-refractivity contribution in [2.75, 3.05) is 10.6 Å². The fourth-order valence-electron chi connectivity index (χ4n) is 1.86. The van der Waals surface area contributed by atoms with Gasteiger partial charge in [-0.15, -0.1) is 0 Å². The van der Waals surface area contributed by atoms with E-state index >= 15 is 0 Å². The summed E-state index contributed by atoms with van der Waals surface area (Å²) in [6, 6.07) is 7.24. The van der Waals surface area contributed by atoms with Gasteiger partial charge in [0.2, 0.25) is 11.9 Å². The van der Waals surface area contributed by atoms with E-state index in [0.29, 0.717) is 17.2 Å². The summed E-state index contributed by atoms with van der Waals surface area (Å²) >= 11 is 0. The molecule has 7 heteroatoms. The maximum absolute atomic E-state index is 11.8. The Balaban J connectivity index is 2.06. The quantitative estimate of drug-likeness (QED) is 0.787. The third kappa shape index (κ3) is 5.06. The summed E-state index contributed by atoms with van der Waals surface area (Å²) in [6.07, 6.45) is 2.93. The highest BCUT2D eigenvalue weighted by Gasteiger charge is 2.08. The molecule has 2 amide bonds. The lowest BCUT2D eigenvalue weighted by molar-refractivity contribution is -0.114. The topological polar surface area (TPSA) is 96.0 Å². The molecule has 0 unspecified atom stereocenters. The van der Waals surface area contributed by atoms with Gasteiger partial charge in [0.25, 0.3) is 5.91 Å². The first kappa shape index (κ1) is 16.4. The highest BCUT2D eigenvalue weighted by atomic mass is 16.2. The van der Waals surface area contributed by atoms with Crippen LogP contribution in [0.1, 0.15) is 31.1 Å². The average Bonchev–Trinajstić information content (AvgIpc) is 2.47. The van der Waals surface area contributed by atoms with Gasteiger partial charge in [-0.1, -0.05) is 6.07 Å². The Kier molecular flexibility index (Phi) is 5.24. The van der Waals surface area contributed by atoms with Crippen molar-refractivity contribution in [1.29, 1.82) is 0 Å². The van der Waals surface area contributed by atoms with Crippen LogP contribution in [0, 0.1) is 0 Å². The van der Waals surface area contributed by atoms with Gasteiger partial charge in [-0.2, -0.15) is 0 Å². The zero-order chi connectivity index (χ0) is 16.8. The van der Waals surface area contributed by atoms with Gasteiger partial charge in [-0.25, -0.2) is 9.97 Å². The van der Waals surface area contributed by atoms with Gasteiger partial charge in [-0.05, 0) is 32.0 Å². The molecule has 0 bridgehead atoms. The maximum atomic E-state index is 11.8. The summed E-state index contributed by atoms with van der Waals surface area (Å²) in [6.45, 7) is 5.22. The molecule has 3 N–H and O–H groups in total. The highest BCUT2D eigenvalue weighted by Crippen LogP contribution is 2.17. The van der Waals surface area contributed by atoms with Crippen LogP contribution in [0.3, 0.4) is 0 Å². The third-order valence-electron chi connectivity index (χ3n) is 2.77. The number of rotatable bonds is 5. The van der Waals surface area contributed by atoms with Gasteiger partial charge >= 0.3 is 0 Å². The van der Waals surface area contributed by atoms with Crippen LogP contribution in [0.5, 0.6) is 0 Å². The molecule has 0 saturated carbocycles. The number of carbonyl (C=O) groups is 2. The molecule has 23 heavy (non-hydrogen) atoms. The summed E-state index contributed by atoms with van der Waals surface area (Å²) < 4.78 is 0. The first-order chi connectivity index (χ1) is 10.9. The number of amides is 2. The molecule has 2 aromatic rings. The SMILES string of the molecule is CC(=O)Nc1cccc(Nc2ncc(C(=O)NC(C)C)cn2)c1. The maximum Gasteiger partial charge on any atom is 0.254 e. The van der Waals surface area contributed by atoms with Crippen molar-refractivity contribution in [3.63, 3.8) is 0 Å². The number of benzene rings is 1. The number of anilines is 3. The van der Waals surface area contributed by atoms with E-state index in [1.807, 2.05) is 19.9 Å². The van der Waals surface area contributed by atoms with Gasteiger partial charge in [0, 0.05) is 36.7 Å². The van der Waals surface area contributed by atoms with E-state index in [1.165, 1.54) is 19.3 Å². The van der Waals surface area contributed by atoms with Crippen LogP contribution in [0.4, 0.5) is 17.3 Å². The first-order valence-corrected chi connectivity index (χ1v) is 7.21. The molecule has 0 aliphatic carbocycles. The van der Waals surface area contributed by atoms with Crippen molar-refractivity contribution >= 4 is 29.1 Å². The Labute approximate surface area is 134 Å². The fourth-order valence-corrected chi connectivity index (χ4v) is 1.86. The van der Waals surface area contributed by atoms with Crippen molar-refractivity contribution in [3.05, 3.63) is 42.2 Å². The molecule has 2 rings (SSSR count). The molecule has 0 fully saturated rings. The predicted molar refractivity (Wildman–Crippen MR) is 88.7 cm³/mol. The van der Waals surface area contributed by atoms with Crippen LogP contribution in [-0.4, -0.2) is 27.8 Å². The molecule has 0 aliphatic heterocycles. The van der Waals surface area contributed by atoms with Gasteiger partial charge in [0.05, 0.1) is 5.56 Å². The van der Waals surface area contributed by atoms with E-state index < -0.39 is 0 Å². The Morgan fingerprint density at radius 3 is 2.35 bits per heavy atom. The van der Waals surface area contributed by atoms with Crippen LogP contribution >= 0.6 is 0 Å².